The van der Waals surface area contributed by atoms with Crippen LogP contribution in [0.3, 0.4) is 0 Å². The largest absolute Gasteiger partial charge is 0.416 e. The summed E-state index contributed by atoms with van der Waals surface area (Å²) in [4.78, 5) is 11.6. The van der Waals surface area contributed by atoms with Crippen molar-refractivity contribution in [2.75, 3.05) is 6.61 Å². The molecule has 102 valence electrons. The first-order valence-electron chi connectivity index (χ1n) is 5.37. The van der Waals surface area contributed by atoms with Crippen LogP contribution in [-0.2, 0) is 10.9 Å². The third-order valence-electron chi connectivity index (χ3n) is 2.19. The van der Waals surface area contributed by atoms with Gasteiger partial charge in [0.05, 0.1) is 5.56 Å². The summed E-state index contributed by atoms with van der Waals surface area (Å²) >= 11 is 0. The number of hydrogen-bond acceptors (Lipinski definition) is 3. The Balaban J connectivity index is 2.76. The lowest BCUT2D eigenvalue weighted by Gasteiger charge is -2.12. The van der Waals surface area contributed by atoms with Crippen molar-refractivity contribution in [2.24, 2.45) is 0 Å². The Hall–Kier alpha value is -2.07. The highest BCUT2D eigenvalue weighted by atomic mass is 19.4. The first-order chi connectivity index (χ1) is 8.88. The Morgan fingerprint density at radius 1 is 1.42 bits per heavy atom. The van der Waals surface area contributed by atoms with E-state index in [1.807, 2.05) is 0 Å². The van der Waals surface area contributed by atoms with Gasteiger partial charge in [0, 0.05) is 12.2 Å². The van der Waals surface area contributed by atoms with Gasteiger partial charge >= 0.3 is 6.18 Å². The number of amides is 1. The average molecular weight is 272 g/mol. The number of nitriles is 1. The number of halogens is 3. The summed E-state index contributed by atoms with van der Waals surface area (Å²) in [6, 6.07) is 5.39. The van der Waals surface area contributed by atoms with Gasteiger partial charge in [0.15, 0.2) is 0 Å². The topological polar surface area (TPSA) is 62.1 Å². The van der Waals surface area contributed by atoms with Gasteiger partial charge in [-0.15, -0.1) is 0 Å². The van der Waals surface area contributed by atoms with Gasteiger partial charge in [-0.1, -0.05) is 0 Å². The Morgan fingerprint density at radius 2 is 2.00 bits per heavy atom. The molecule has 0 radical (unpaired) electrons. The second kappa shape index (κ2) is 6.20. The minimum absolute atomic E-state index is 0.0213. The molecular weight excluding hydrogens is 261 g/mol. The van der Waals surface area contributed by atoms with E-state index in [1.54, 1.807) is 13.0 Å². The summed E-state index contributed by atoms with van der Waals surface area (Å²) in [5.74, 6) is -0.672. The summed E-state index contributed by atoms with van der Waals surface area (Å²) < 4.78 is 41.9. The SMILES string of the molecule is CCOC(C#N)NC(=O)c1ccc(C(F)(F)F)cc1. The van der Waals surface area contributed by atoms with Crippen LogP contribution in [0.15, 0.2) is 24.3 Å². The molecule has 4 nitrogen and oxygen atoms in total. The van der Waals surface area contributed by atoms with Crippen molar-refractivity contribution in [1.82, 2.24) is 5.32 Å². The molecule has 1 amide bonds. The van der Waals surface area contributed by atoms with Crippen molar-refractivity contribution >= 4 is 5.91 Å². The fourth-order valence-electron chi connectivity index (χ4n) is 1.29. The summed E-state index contributed by atoms with van der Waals surface area (Å²) in [5.41, 5.74) is -0.821. The number of nitrogens with zero attached hydrogens (tertiary/aromatic N) is 1. The van der Waals surface area contributed by atoms with E-state index < -0.39 is 23.9 Å². The van der Waals surface area contributed by atoms with Gasteiger partial charge in [-0.25, -0.2) is 0 Å². The lowest BCUT2D eigenvalue weighted by molar-refractivity contribution is -0.137. The normalized spacial score (nSPS) is 12.6. The van der Waals surface area contributed by atoms with Crippen molar-refractivity contribution in [1.29, 1.82) is 5.26 Å². The van der Waals surface area contributed by atoms with Crippen molar-refractivity contribution < 1.29 is 22.7 Å². The predicted octanol–water partition coefficient (Wildman–Crippen LogP) is 2.32. The van der Waals surface area contributed by atoms with Gasteiger partial charge in [-0.05, 0) is 31.2 Å². The van der Waals surface area contributed by atoms with Crippen LogP contribution in [0, 0.1) is 11.3 Å². The maximum atomic E-state index is 12.3. The van der Waals surface area contributed by atoms with Crippen LogP contribution >= 0.6 is 0 Å². The molecular formula is C12H11F3N2O2. The molecule has 0 heterocycles. The van der Waals surface area contributed by atoms with Gasteiger partial charge in [0.2, 0.25) is 6.23 Å². The number of carbonyl (C=O) groups excluding carboxylic acids is 1. The van der Waals surface area contributed by atoms with Crippen LogP contribution in [0.4, 0.5) is 13.2 Å². The van der Waals surface area contributed by atoms with Crippen molar-refractivity contribution in [2.45, 2.75) is 19.3 Å². The van der Waals surface area contributed by atoms with Gasteiger partial charge in [0.25, 0.3) is 5.91 Å². The molecule has 0 saturated heterocycles. The van der Waals surface area contributed by atoms with Crippen molar-refractivity contribution in [3.63, 3.8) is 0 Å². The number of ether oxygens (including phenoxy) is 1. The first kappa shape index (κ1) is 15.0. The molecule has 19 heavy (non-hydrogen) atoms. The lowest BCUT2D eigenvalue weighted by Crippen LogP contribution is -2.35. The van der Waals surface area contributed by atoms with Gasteiger partial charge in [-0.2, -0.15) is 18.4 Å². The van der Waals surface area contributed by atoms with Crippen LogP contribution in [0.5, 0.6) is 0 Å². The van der Waals surface area contributed by atoms with E-state index in [4.69, 9.17) is 10.00 Å². The average Bonchev–Trinajstić information content (AvgIpc) is 2.37. The second-order valence-corrected chi connectivity index (χ2v) is 3.51. The molecule has 0 bridgehead atoms. The molecule has 1 unspecified atom stereocenters. The molecule has 1 N–H and O–H groups in total. The third-order valence-corrected chi connectivity index (χ3v) is 2.19. The minimum Gasteiger partial charge on any atom is -0.346 e. The molecule has 0 aliphatic heterocycles. The van der Waals surface area contributed by atoms with Crippen LogP contribution in [0.2, 0.25) is 0 Å². The second-order valence-electron chi connectivity index (χ2n) is 3.51. The fourth-order valence-corrected chi connectivity index (χ4v) is 1.29. The molecule has 0 aliphatic rings. The number of benzene rings is 1. The zero-order valence-electron chi connectivity index (χ0n) is 9.99. The van der Waals surface area contributed by atoms with Gasteiger partial charge in [-0.3, -0.25) is 4.79 Å². The molecule has 0 aliphatic carbocycles. The van der Waals surface area contributed by atoms with Crippen LogP contribution in [-0.4, -0.2) is 18.7 Å². The summed E-state index contributed by atoms with van der Waals surface area (Å²) in [6.45, 7) is 1.88. The van der Waals surface area contributed by atoms with Crippen LogP contribution < -0.4 is 5.32 Å². The van der Waals surface area contributed by atoms with Gasteiger partial charge < -0.3 is 10.1 Å². The molecule has 1 atom stereocenters. The maximum absolute atomic E-state index is 12.3. The van der Waals surface area contributed by atoms with E-state index in [1.165, 1.54) is 0 Å². The molecule has 0 spiro atoms. The minimum atomic E-state index is -4.45. The third kappa shape index (κ3) is 4.26. The predicted molar refractivity (Wildman–Crippen MR) is 59.9 cm³/mol. The summed E-state index contributed by atoms with van der Waals surface area (Å²) in [5, 5.41) is 10.9. The van der Waals surface area contributed by atoms with Crippen LogP contribution in [0.1, 0.15) is 22.8 Å². The summed E-state index contributed by atoms with van der Waals surface area (Å²) in [6.07, 6.45) is -5.57. The number of alkyl halides is 3. The van der Waals surface area contributed by atoms with E-state index in [9.17, 15) is 18.0 Å². The molecule has 0 fully saturated rings. The zero-order chi connectivity index (χ0) is 14.5. The maximum Gasteiger partial charge on any atom is 0.416 e. The summed E-state index contributed by atoms with van der Waals surface area (Å²) in [7, 11) is 0. The van der Waals surface area contributed by atoms with Crippen molar-refractivity contribution in [3.05, 3.63) is 35.4 Å². The molecule has 1 rings (SSSR count). The number of carbonyl (C=O) groups is 1. The Morgan fingerprint density at radius 3 is 2.42 bits per heavy atom. The number of hydrogen-bond donors (Lipinski definition) is 1. The molecule has 0 saturated carbocycles. The lowest BCUT2D eigenvalue weighted by atomic mass is 10.1. The van der Waals surface area contributed by atoms with Crippen LogP contribution in [0.25, 0.3) is 0 Å². The van der Waals surface area contributed by atoms with Gasteiger partial charge in [0.1, 0.15) is 6.07 Å². The van der Waals surface area contributed by atoms with E-state index in [2.05, 4.69) is 5.32 Å². The highest BCUT2D eigenvalue weighted by Crippen LogP contribution is 2.29. The van der Waals surface area contributed by atoms with E-state index in [0.717, 1.165) is 24.3 Å². The van der Waals surface area contributed by atoms with Crippen molar-refractivity contribution in [3.8, 4) is 6.07 Å². The molecule has 1 aromatic carbocycles. The van der Waals surface area contributed by atoms with E-state index >= 15 is 0 Å². The number of nitrogens with one attached hydrogen (secondary N) is 1. The Labute approximate surface area is 107 Å². The van der Waals surface area contributed by atoms with E-state index in [0.29, 0.717) is 0 Å². The number of rotatable bonds is 4. The quantitative estimate of drug-likeness (QED) is 0.855. The monoisotopic (exact) mass is 272 g/mol. The molecule has 0 aromatic heterocycles. The first-order valence-corrected chi connectivity index (χ1v) is 5.37. The smallest absolute Gasteiger partial charge is 0.346 e. The highest BCUT2D eigenvalue weighted by Gasteiger charge is 2.30. The standard InChI is InChI=1S/C12H11F3N2O2/c1-2-19-10(7-16)17-11(18)8-3-5-9(6-4-8)12(13,14)15/h3-6,10H,2H2,1H3,(H,17,18). The fraction of sp³-hybridized carbons (Fsp3) is 0.333. The van der Waals surface area contributed by atoms with E-state index in [-0.39, 0.29) is 12.2 Å². The Kier molecular flexibility index (Phi) is 4.89. The Bertz CT molecular complexity index is 477. The zero-order valence-corrected chi connectivity index (χ0v) is 9.99. The molecule has 1 aromatic rings. The molecule has 7 heteroatoms. The highest BCUT2D eigenvalue weighted by molar-refractivity contribution is 5.94.